The third-order valence-corrected chi connectivity index (χ3v) is 3.59. The van der Waals surface area contributed by atoms with Crippen molar-refractivity contribution in [3.63, 3.8) is 0 Å². The van der Waals surface area contributed by atoms with Gasteiger partial charge >= 0.3 is 0 Å². The third kappa shape index (κ3) is 3.67. The van der Waals surface area contributed by atoms with Crippen LogP contribution in [-0.4, -0.2) is 48.9 Å². The van der Waals surface area contributed by atoms with Gasteiger partial charge in [0.15, 0.2) is 0 Å². The van der Waals surface area contributed by atoms with Crippen LogP contribution in [-0.2, 0) is 0 Å². The van der Waals surface area contributed by atoms with E-state index in [1.165, 1.54) is 25.9 Å². The SMILES string of the molecule is Cc1cc(C(=N)N)cc(N(C)CCN2CCCC2)n1. The molecule has 1 saturated heterocycles. The number of likely N-dealkylation sites (tertiary alicyclic amines) is 1. The maximum Gasteiger partial charge on any atom is 0.129 e. The van der Waals surface area contributed by atoms with Gasteiger partial charge in [0.1, 0.15) is 11.7 Å². The summed E-state index contributed by atoms with van der Waals surface area (Å²) in [6, 6.07) is 3.74. The lowest BCUT2D eigenvalue weighted by Gasteiger charge is -2.23. The van der Waals surface area contributed by atoms with E-state index in [4.69, 9.17) is 11.1 Å². The van der Waals surface area contributed by atoms with Gasteiger partial charge in [-0.25, -0.2) is 4.98 Å². The summed E-state index contributed by atoms with van der Waals surface area (Å²) in [5.74, 6) is 0.990. The number of nitrogens with two attached hydrogens (primary N) is 1. The number of amidine groups is 1. The lowest BCUT2D eigenvalue weighted by molar-refractivity contribution is 0.346. The number of nitrogen functional groups attached to an aromatic ring is 1. The Balaban J connectivity index is 2.01. The van der Waals surface area contributed by atoms with Crippen LogP contribution < -0.4 is 10.6 Å². The van der Waals surface area contributed by atoms with Crippen LogP contribution in [0.15, 0.2) is 12.1 Å². The lowest BCUT2D eigenvalue weighted by Crippen LogP contribution is -2.32. The predicted octanol–water partition coefficient (Wildman–Crippen LogP) is 1.21. The van der Waals surface area contributed by atoms with Gasteiger partial charge in [0.05, 0.1) is 0 Å². The summed E-state index contributed by atoms with van der Waals surface area (Å²) >= 11 is 0. The second kappa shape index (κ2) is 6.02. The van der Waals surface area contributed by atoms with Gasteiger partial charge in [-0.3, -0.25) is 5.41 Å². The van der Waals surface area contributed by atoms with Gasteiger partial charge in [-0.2, -0.15) is 0 Å². The number of pyridine rings is 1. The molecular formula is C14H23N5. The summed E-state index contributed by atoms with van der Waals surface area (Å²) < 4.78 is 0. The molecule has 0 bridgehead atoms. The molecule has 2 rings (SSSR count). The smallest absolute Gasteiger partial charge is 0.129 e. The Bertz CT molecular complexity index is 451. The molecule has 1 aromatic rings. The summed E-state index contributed by atoms with van der Waals surface area (Å²) in [5.41, 5.74) is 7.20. The van der Waals surface area contributed by atoms with E-state index in [2.05, 4.69) is 14.8 Å². The molecule has 0 radical (unpaired) electrons. The number of anilines is 1. The molecule has 1 aliphatic heterocycles. The summed E-state index contributed by atoms with van der Waals surface area (Å²) in [7, 11) is 2.04. The maximum absolute atomic E-state index is 7.53. The van der Waals surface area contributed by atoms with Crippen LogP contribution >= 0.6 is 0 Å². The van der Waals surface area contributed by atoms with E-state index in [-0.39, 0.29) is 5.84 Å². The quantitative estimate of drug-likeness (QED) is 0.617. The number of nitrogens with one attached hydrogen (secondary N) is 1. The van der Waals surface area contributed by atoms with Gasteiger partial charge in [0.25, 0.3) is 0 Å². The minimum atomic E-state index is 0.0969. The van der Waals surface area contributed by atoms with Crippen LogP contribution in [0.2, 0.25) is 0 Å². The summed E-state index contributed by atoms with van der Waals surface area (Å²) in [4.78, 5) is 9.14. The normalized spacial score (nSPS) is 15.7. The number of rotatable bonds is 5. The second-order valence-corrected chi connectivity index (χ2v) is 5.24. The topological polar surface area (TPSA) is 69.2 Å². The zero-order valence-electron chi connectivity index (χ0n) is 11.8. The number of aromatic nitrogens is 1. The fourth-order valence-corrected chi connectivity index (χ4v) is 2.41. The van der Waals surface area contributed by atoms with Crippen LogP contribution in [0.3, 0.4) is 0 Å². The van der Waals surface area contributed by atoms with Gasteiger partial charge < -0.3 is 15.5 Å². The zero-order valence-corrected chi connectivity index (χ0v) is 11.8. The molecule has 0 aromatic carbocycles. The van der Waals surface area contributed by atoms with Crippen LogP contribution in [0.5, 0.6) is 0 Å². The number of hydrogen-bond acceptors (Lipinski definition) is 4. The third-order valence-electron chi connectivity index (χ3n) is 3.59. The molecule has 1 aromatic heterocycles. The molecule has 5 heteroatoms. The molecule has 1 aliphatic rings. The van der Waals surface area contributed by atoms with E-state index < -0.39 is 0 Å². The highest BCUT2D eigenvalue weighted by Gasteiger charge is 2.13. The Hall–Kier alpha value is -1.62. The Morgan fingerprint density at radius 3 is 2.74 bits per heavy atom. The first kappa shape index (κ1) is 13.8. The van der Waals surface area contributed by atoms with Crippen LogP contribution in [0.1, 0.15) is 24.1 Å². The van der Waals surface area contributed by atoms with Crippen molar-refractivity contribution in [2.75, 3.05) is 38.1 Å². The van der Waals surface area contributed by atoms with E-state index in [0.717, 1.165) is 30.2 Å². The van der Waals surface area contributed by atoms with Crippen LogP contribution in [0, 0.1) is 12.3 Å². The summed E-state index contributed by atoms with van der Waals surface area (Å²) in [6.45, 7) is 6.39. The monoisotopic (exact) mass is 261 g/mol. The molecule has 104 valence electrons. The minimum absolute atomic E-state index is 0.0969. The van der Waals surface area contributed by atoms with Crippen molar-refractivity contribution in [1.29, 1.82) is 5.41 Å². The first-order chi connectivity index (χ1) is 9.06. The van der Waals surface area contributed by atoms with E-state index in [1.54, 1.807) is 0 Å². The molecule has 1 fully saturated rings. The molecule has 2 heterocycles. The largest absolute Gasteiger partial charge is 0.384 e. The Morgan fingerprint density at radius 1 is 1.42 bits per heavy atom. The summed E-state index contributed by atoms with van der Waals surface area (Å²) in [5, 5.41) is 7.53. The Morgan fingerprint density at radius 2 is 2.11 bits per heavy atom. The highest BCUT2D eigenvalue weighted by Crippen LogP contribution is 2.14. The fourth-order valence-electron chi connectivity index (χ4n) is 2.41. The second-order valence-electron chi connectivity index (χ2n) is 5.24. The predicted molar refractivity (Wildman–Crippen MR) is 78.9 cm³/mol. The van der Waals surface area contributed by atoms with E-state index in [0.29, 0.717) is 0 Å². The van der Waals surface area contributed by atoms with Crippen LogP contribution in [0.4, 0.5) is 5.82 Å². The molecule has 3 N–H and O–H groups in total. The van der Waals surface area contributed by atoms with Gasteiger partial charge in [0, 0.05) is 31.4 Å². The van der Waals surface area contributed by atoms with Crippen molar-refractivity contribution in [2.45, 2.75) is 19.8 Å². The number of hydrogen-bond donors (Lipinski definition) is 2. The number of nitrogens with zero attached hydrogens (tertiary/aromatic N) is 3. The zero-order chi connectivity index (χ0) is 13.8. The highest BCUT2D eigenvalue weighted by atomic mass is 15.2. The van der Waals surface area contributed by atoms with E-state index >= 15 is 0 Å². The molecular weight excluding hydrogens is 238 g/mol. The van der Waals surface area contributed by atoms with Crippen molar-refractivity contribution in [3.8, 4) is 0 Å². The molecule has 0 aliphatic carbocycles. The van der Waals surface area contributed by atoms with Gasteiger partial charge in [-0.1, -0.05) is 0 Å². The summed E-state index contributed by atoms with van der Waals surface area (Å²) in [6.07, 6.45) is 2.64. The lowest BCUT2D eigenvalue weighted by atomic mass is 10.2. The maximum atomic E-state index is 7.53. The average molecular weight is 261 g/mol. The Kier molecular flexibility index (Phi) is 4.37. The van der Waals surface area contributed by atoms with Gasteiger partial charge in [-0.15, -0.1) is 0 Å². The van der Waals surface area contributed by atoms with E-state index in [1.807, 2.05) is 26.1 Å². The molecule has 0 unspecified atom stereocenters. The molecule has 0 saturated carbocycles. The Labute approximate surface area is 114 Å². The molecule has 19 heavy (non-hydrogen) atoms. The molecule has 5 nitrogen and oxygen atoms in total. The molecule has 0 atom stereocenters. The molecule has 0 spiro atoms. The first-order valence-corrected chi connectivity index (χ1v) is 6.83. The standard InChI is InChI=1S/C14H23N5/c1-11-9-12(14(15)16)10-13(17-11)18(2)7-8-19-5-3-4-6-19/h9-10H,3-8H2,1-2H3,(H3,15,16). The fraction of sp³-hybridized carbons (Fsp3) is 0.571. The highest BCUT2D eigenvalue weighted by molar-refractivity contribution is 5.95. The van der Waals surface area contributed by atoms with Gasteiger partial charge in [-0.05, 0) is 45.0 Å². The van der Waals surface area contributed by atoms with Gasteiger partial charge in [0.2, 0.25) is 0 Å². The van der Waals surface area contributed by atoms with Crippen molar-refractivity contribution in [3.05, 3.63) is 23.4 Å². The number of aryl methyl sites for hydroxylation is 1. The first-order valence-electron chi connectivity index (χ1n) is 6.83. The minimum Gasteiger partial charge on any atom is -0.384 e. The van der Waals surface area contributed by atoms with E-state index in [9.17, 15) is 0 Å². The van der Waals surface area contributed by atoms with Crippen molar-refractivity contribution in [2.24, 2.45) is 5.73 Å². The molecule has 0 amide bonds. The van der Waals surface area contributed by atoms with Crippen molar-refractivity contribution in [1.82, 2.24) is 9.88 Å². The van der Waals surface area contributed by atoms with Crippen molar-refractivity contribution >= 4 is 11.7 Å². The number of likely N-dealkylation sites (N-methyl/N-ethyl adjacent to an activating group) is 1. The average Bonchev–Trinajstić information content (AvgIpc) is 2.88. The van der Waals surface area contributed by atoms with Crippen LogP contribution in [0.25, 0.3) is 0 Å². The van der Waals surface area contributed by atoms with Crippen molar-refractivity contribution < 1.29 is 0 Å².